The Balaban J connectivity index is 1.65. The Kier molecular flexibility index (Phi) is 3.98. The molecule has 3 N–H and O–H groups in total. The molecule has 0 aliphatic heterocycles. The van der Waals surface area contributed by atoms with Gasteiger partial charge in [-0.25, -0.2) is 0 Å². The molecule has 0 spiro atoms. The standard InChI is InChI=1S/C22H38O3/c1-14(23)22(25)12-18-16-6-9-20(3)11-15(24)5-10-21(20,4)17(16)7-8-19(18,2)13-22/h14-18,23-25H,5-13H2,1-4H3/t14-,15-,16-,17+,18+,19-,20-,21-,22-/m1/s1. The third kappa shape index (κ3) is 2.41. The van der Waals surface area contributed by atoms with E-state index in [0.717, 1.165) is 32.1 Å². The van der Waals surface area contributed by atoms with Crippen molar-refractivity contribution >= 4 is 0 Å². The summed E-state index contributed by atoms with van der Waals surface area (Å²) in [4.78, 5) is 0. The molecule has 4 aliphatic carbocycles. The van der Waals surface area contributed by atoms with E-state index < -0.39 is 11.7 Å². The fraction of sp³-hybridized carbons (Fsp3) is 1.00. The van der Waals surface area contributed by atoms with Gasteiger partial charge in [0, 0.05) is 0 Å². The van der Waals surface area contributed by atoms with E-state index in [2.05, 4.69) is 20.8 Å². The predicted molar refractivity (Wildman–Crippen MR) is 99.0 cm³/mol. The molecular weight excluding hydrogens is 312 g/mol. The molecule has 0 heterocycles. The lowest BCUT2D eigenvalue weighted by atomic mass is 9.40. The maximum atomic E-state index is 11.1. The van der Waals surface area contributed by atoms with Crippen LogP contribution < -0.4 is 0 Å². The van der Waals surface area contributed by atoms with Gasteiger partial charge < -0.3 is 15.3 Å². The fourth-order valence-corrected chi connectivity index (χ4v) is 8.09. The molecule has 3 nitrogen and oxygen atoms in total. The van der Waals surface area contributed by atoms with Gasteiger partial charge in [-0.1, -0.05) is 20.8 Å². The Bertz CT molecular complexity index is 547. The van der Waals surface area contributed by atoms with Crippen molar-refractivity contribution in [3.8, 4) is 0 Å². The van der Waals surface area contributed by atoms with E-state index in [9.17, 15) is 15.3 Å². The van der Waals surface area contributed by atoms with Crippen LogP contribution in [0.15, 0.2) is 0 Å². The van der Waals surface area contributed by atoms with E-state index in [0.29, 0.717) is 23.2 Å². The molecule has 0 aromatic rings. The molecule has 4 rings (SSSR count). The van der Waals surface area contributed by atoms with E-state index in [1.165, 1.54) is 25.7 Å². The van der Waals surface area contributed by atoms with Gasteiger partial charge in [0.25, 0.3) is 0 Å². The zero-order chi connectivity index (χ0) is 18.3. The van der Waals surface area contributed by atoms with Gasteiger partial charge in [0.1, 0.15) is 0 Å². The summed E-state index contributed by atoms with van der Waals surface area (Å²) < 4.78 is 0. The lowest BCUT2D eigenvalue weighted by molar-refractivity contribution is -0.166. The summed E-state index contributed by atoms with van der Waals surface area (Å²) in [6.45, 7) is 9.07. The second-order valence-electron chi connectivity index (χ2n) is 11.1. The number of hydrogen-bond acceptors (Lipinski definition) is 3. The van der Waals surface area contributed by atoms with Crippen molar-refractivity contribution in [2.45, 2.75) is 103 Å². The first-order chi connectivity index (χ1) is 11.5. The lowest BCUT2D eigenvalue weighted by Gasteiger charge is -2.64. The van der Waals surface area contributed by atoms with Crippen molar-refractivity contribution in [2.24, 2.45) is 34.0 Å². The smallest absolute Gasteiger partial charge is 0.0910 e. The first kappa shape index (κ1) is 18.3. The molecule has 0 unspecified atom stereocenters. The SMILES string of the molecule is C[C@@H](O)[C@@]1(O)C[C@H]2[C@@H]3CC[C@]4(C)C[C@H](O)CC[C@]4(C)[C@H]3CC[C@]2(C)C1. The van der Waals surface area contributed by atoms with Crippen molar-refractivity contribution < 1.29 is 15.3 Å². The van der Waals surface area contributed by atoms with Crippen molar-refractivity contribution in [3.05, 3.63) is 0 Å². The van der Waals surface area contributed by atoms with E-state index in [1.54, 1.807) is 6.92 Å². The highest BCUT2D eigenvalue weighted by molar-refractivity contribution is 5.14. The molecule has 0 aromatic heterocycles. The highest BCUT2D eigenvalue weighted by atomic mass is 16.3. The normalized spacial score (nSPS) is 59.6. The maximum Gasteiger partial charge on any atom is 0.0910 e. The quantitative estimate of drug-likeness (QED) is 0.672. The molecule has 0 amide bonds. The van der Waals surface area contributed by atoms with Gasteiger partial charge in [-0.2, -0.15) is 0 Å². The number of aliphatic hydroxyl groups excluding tert-OH is 2. The van der Waals surface area contributed by atoms with Gasteiger partial charge in [-0.3, -0.25) is 0 Å². The number of rotatable bonds is 1. The molecule has 3 heteroatoms. The Morgan fingerprint density at radius 3 is 2.32 bits per heavy atom. The number of fused-ring (bicyclic) bond motifs is 5. The molecule has 4 fully saturated rings. The second kappa shape index (κ2) is 5.45. The summed E-state index contributed by atoms with van der Waals surface area (Å²) in [5, 5.41) is 31.5. The van der Waals surface area contributed by atoms with Crippen molar-refractivity contribution in [2.75, 3.05) is 0 Å². The third-order valence-electron chi connectivity index (χ3n) is 9.93. The maximum absolute atomic E-state index is 11.1. The van der Waals surface area contributed by atoms with Crippen LogP contribution in [0.2, 0.25) is 0 Å². The number of hydrogen-bond donors (Lipinski definition) is 3. The van der Waals surface area contributed by atoms with Crippen LogP contribution in [0.4, 0.5) is 0 Å². The average Bonchev–Trinajstić information content (AvgIpc) is 2.81. The Morgan fingerprint density at radius 1 is 0.920 bits per heavy atom. The van der Waals surface area contributed by atoms with E-state index in [1.807, 2.05) is 0 Å². The van der Waals surface area contributed by atoms with Gasteiger partial charge >= 0.3 is 0 Å². The van der Waals surface area contributed by atoms with Crippen LogP contribution in [0.5, 0.6) is 0 Å². The summed E-state index contributed by atoms with van der Waals surface area (Å²) in [6.07, 6.45) is 8.74. The zero-order valence-electron chi connectivity index (χ0n) is 16.6. The molecule has 25 heavy (non-hydrogen) atoms. The average molecular weight is 351 g/mol. The molecule has 0 aromatic carbocycles. The zero-order valence-corrected chi connectivity index (χ0v) is 16.6. The molecule has 0 saturated heterocycles. The summed E-state index contributed by atoms with van der Waals surface area (Å²) in [5.41, 5.74) is -0.120. The lowest BCUT2D eigenvalue weighted by Crippen LogP contribution is -2.57. The molecule has 0 bridgehead atoms. The Labute approximate surface area is 153 Å². The van der Waals surface area contributed by atoms with Crippen LogP contribution in [0.3, 0.4) is 0 Å². The van der Waals surface area contributed by atoms with Gasteiger partial charge in [0.05, 0.1) is 17.8 Å². The van der Waals surface area contributed by atoms with Crippen LogP contribution in [-0.4, -0.2) is 33.1 Å². The van der Waals surface area contributed by atoms with Gasteiger partial charge in [0.2, 0.25) is 0 Å². The van der Waals surface area contributed by atoms with Gasteiger partial charge in [-0.05, 0) is 98.7 Å². The monoisotopic (exact) mass is 350 g/mol. The first-order valence-electron chi connectivity index (χ1n) is 10.6. The summed E-state index contributed by atoms with van der Waals surface area (Å²) in [6, 6.07) is 0. The highest BCUT2D eigenvalue weighted by Crippen LogP contribution is 2.70. The number of aliphatic hydroxyl groups is 3. The second-order valence-corrected chi connectivity index (χ2v) is 11.1. The van der Waals surface area contributed by atoms with Crippen molar-refractivity contribution in [1.82, 2.24) is 0 Å². The van der Waals surface area contributed by atoms with Gasteiger partial charge in [0.15, 0.2) is 0 Å². The predicted octanol–water partition coefficient (Wildman–Crippen LogP) is 3.89. The molecule has 4 saturated carbocycles. The minimum Gasteiger partial charge on any atom is -0.393 e. The molecule has 144 valence electrons. The van der Waals surface area contributed by atoms with E-state index in [4.69, 9.17) is 0 Å². The summed E-state index contributed by atoms with van der Waals surface area (Å²) in [5.74, 6) is 1.94. The third-order valence-corrected chi connectivity index (χ3v) is 9.93. The van der Waals surface area contributed by atoms with Crippen LogP contribution in [0, 0.1) is 34.0 Å². The van der Waals surface area contributed by atoms with Crippen LogP contribution in [0.1, 0.15) is 85.5 Å². The van der Waals surface area contributed by atoms with Crippen molar-refractivity contribution in [3.63, 3.8) is 0 Å². The topological polar surface area (TPSA) is 60.7 Å². The molecule has 4 aliphatic rings. The van der Waals surface area contributed by atoms with Crippen LogP contribution in [-0.2, 0) is 0 Å². The van der Waals surface area contributed by atoms with E-state index in [-0.39, 0.29) is 16.9 Å². The summed E-state index contributed by atoms with van der Waals surface area (Å²) in [7, 11) is 0. The highest BCUT2D eigenvalue weighted by Gasteiger charge is 2.64. The first-order valence-corrected chi connectivity index (χ1v) is 10.6. The van der Waals surface area contributed by atoms with Crippen LogP contribution >= 0.6 is 0 Å². The molecule has 0 radical (unpaired) electrons. The van der Waals surface area contributed by atoms with Gasteiger partial charge in [-0.15, -0.1) is 0 Å². The largest absolute Gasteiger partial charge is 0.393 e. The minimum absolute atomic E-state index is 0.115. The van der Waals surface area contributed by atoms with Crippen LogP contribution in [0.25, 0.3) is 0 Å². The summed E-state index contributed by atoms with van der Waals surface area (Å²) >= 11 is 0. The molecule has 9 atom stereocenters. The Hall–Kier alpha value is -0.120. The fourth-order valence-electron chi connectivity index (χ4n) is 8.09. The van der Waals surface area contributed by atoms with Crippen molar-refractivity contribution in [1.29, 1.82) is 0 Å². The van der Waals surface area contributed by atoms with E-state index >= 15 is 0 Å². The minimum atomic E-state index is -0.890. The molecular formula is C22H38O3. The Morgan fingerprint density at radius 2 is 1.64 bits per heavy atom.